The van der Waals surface area contributed by atoms with Gasteiger partial charge in [0.25, 0.3) is 5.56 Å². The number of nitrogens with zero attached hydrogens (tertiary/aromatic N) is 2. The zero-order valence-corrected chi connectivity index (χ0v) is 13.6. The smallest absolute Gasteiger partial charge is 0.274 e. The number of rotatable bonds is 4. The van der Waals surface area contributed by atoms with Crippen molar-refractivity contribution in [2.24, 2.45) is 5.92 Å². The molecule has 0 atom stereocenters. The molecule has 0 amide bonds. The maximum Gasteiger partial charge on any atom is 0.274 e. The molecule has 114 valence electrons. The van der Waals surface area contributed by atoms with Crippen molar-refractivity contribution in [3.05, 3.63) is 57.5 Å². The third kappa shape index (κ3) is 2.90. The first-order chi connectivity index (χ1) is 10.5. The zero-order chi connectivity index (χ0) is 15.7. The molecule has 4 nitrogen and oxygen atoms in total. The molecule has 0 aliphatic rings. The lowest BCUT2D eigenvalue weighted by molar-refractivity contribution is 0.650. The molecule has 5 heteroatoms. The molecule has 2 aromatic heterocycles. The van der Waals surface area contributed by atoms with E-state index in [1.54, 1.807) is 34.2 Å². The highest BCUT2D eigenvalue weighted by Gasteiger charge is 2.10. The van der Waals surface area contributed by atoms with Crippen molar-refractivity contribution in [2.75, 3.05) is 5.73 Å². The highest BCUT2D eigenvalue weighted by Crippen LogP contribution is 2.27. The minimum absolute atomic E-state index is 0.163. The lowest BCUT2D eigenvalue weighted by Crippen LogP contribution is -2.22. The summed E-state index contributed by atoms with van der Waals surface area (Å²) in [6, 6.07) is 9.65. The number of anilines is 1. The molecule has 22 heavy (non-hydrogen) atoms. The van der Waals surface area contributed by atoms with Crippen LogP contribution in [0.25, 0.3) is 10.2 Å². The van der Waals surface area contributed by atoms with Crippen molar-refractivity contribution in [3.8, 4) is 0 Å². The molecule has 1 aromatic carbocycles. The lowest BCUT2D eigenvalue weighted by atomic mass is 10.0. The van der Waals surface area contributed by atoms with Crippen molar-refractivity contribution in [2.45, 2.75) is 26.8 Å². The van der Waals surface area contributed by atoms with Crippen LogP contribution in [0.5, 0.6) is 0 Å². The number of pyridine rings is 1. The first kappa shape index (κ1) is 14.8. The van der Waals surface area contributed by atoms with Crippen LogP contribution < -0.4 is 11.3 Å². The second-order valence-corrected chi connectivity index (χ2v) is 6.95. The van der Waals surface area contributed by atoms with Gasteiger partial charge in [-0.25, -0.2) is 4.98 Å². The predicted molar refractivity (Wildman–Crippen MR) is 92.4 cm³/mol. The summed E-state index contributed by atoms with van der Waals surface area (Å²) in [7, 11) is 0. The highest BCUT2D eigenvalue weighted by molar-refractivity contribution is 7.18. The van der Waals surface area contributed by atoms with Gasteiger partial charge < -0.3 is 10.3 Å². The van der Waals surface area contributed by atoms with Gasteiger partial charge in [-0.2, -0.15) is 0 Å². The van der Waals surface area contributed by atoms with Crippen molar-refractivity contribution in [3.63, 3.8) is 0 Å². The molecule has 0 aliphatic carbocycles. The Bertz CT molecular complexity index is 864. The number of nitrogen functional groups attached to an aromatic ring is 1. The van der Waals surface area contributed by atoms with E-state index in [0.29, 0.717) is 12.5 Å². The van der Waals surface area contributed by atoms with Crippen molar-refractivity contribution >= 4 is 27.2 Å². The van der Waals surface area contributed by atoms with Crippen LogP contribution in [0.1, 0.15) is 24.4 Å². The van der Waals surface area contributed by atoms with Crippen LogP contribution in [0.15, 0.2) is 41.3 Å². The maximum absolute atomic E-state index is 12.0. The monoisotopic (exact) mass is 313 g/mol. The molecule has 0 bridgehead atoms. The van der Waals surface area contributed by atoms with Gasteiger partial charge in [0.15, 0.2) is 0 Å². The lowest BCUT2D eigenvalue weighted by Gasteiger charge is -2.05. The molecular weight excluding hydrogens is 294 g/mol. The van der Waals surface area contributed by atoms with E-state index in [-0.39, 0.29) is 11.2 Å². The number of nitrogens with two attached hydrogens (primary N) is 1. The fourth-order valence-electron chi connectivity index (χ4n) is 2.55. The first-order valence-corrected chi connectivity index (χ1v) is 8.18. The van der Waals surface area contributed by atoms with E-state index in [1.807, 2.05) is 6.07 Å². The average Bonchev–Trinajstić information content (AvgIpc) is 2.87. The van der Waals surface area contributed by atoms with Crippen molar-refractivity contribution in [1.82, 2.24) is 9.55 Å². The largest absolute Gasteiger partial charge is 0.394 e. The summed E-state index contributed by atoms with van der Waals surface area (Å²) in [4.78, 5) is 16.7. The van der Waals surface area contributed by atoms with Gasteiger partial charge in [0.05, 0.1) is 22.4 Å². The molecule has 3 rings (SSSR count). The van der Waals surface area contributed by atoms with Crippen molar-refractivity contribution in [1.29, 1.82) is 0 Å². The number of hydrogen-bond donors (Lipinski definition) is 1. The molecular formula is C17H19N3OS. The normalized spacial score (nSPS) is 11.4. The summed E-state index contributed by atoms with van der Waals surface area (Å²) in [6.45, 7) is 4.89. The zero-order valence-electron chi connectivity index (χ0n) is 12.7. The van der Waals surface area contributed by atoms with Gasteiger partial charge in [-0.05, 0) is 36.1 Å². The number of hydrogen-bond acceptors (Lipinski definition) is 4. The minimum atomic E-state index is -0.163. The summed E-state index contributed by atoms with van der Waals surface area (Å²) in [5.74, 6) is 0.604. The van der Waals surface area contributed by atoms with Crippen LogP contribution in [-0.2, 0) is 13.0 Å². The molecule has 0 fully saturated rings. The Labute approximate surface area is 133 Å². The molecule has 0 aliphatic heterocycles. The van der Waals surface area contributed by atoms with E-state index < -0.39 is 0 Å². The molecule has 0 spiro atoms. The van der Waals surface area contributed by atoms with Gasteiger partial charge in [-0.15, -0.1) is 11.3 Å². The van der Waals surface area contributed by atoms with Crippen LogP contribution in [0, 0.1) is 5.92 Å². The fraction of sp³-hybridized carbons (Fsp3) is 0.294. The summed E-state index contributed by atoms with van der Waals surface area (Å²) in [6.07, 6.45) is 2.79. The Morgan fingerprint density at radius 1 is 1.27 bits per heavy atom. The van der Waals surface area contributed by atoms with Gasteiger partial charge in [0.1, 0.15) is 5.01 Å². The van der Waals surface area contributed by atoms with Gasteiger partial charge in [0.2, 0.25) is 0 Å². The van der Waals surface area contributed by atoms with E-state index in [1.165, 1.54) is 10.3 Å². The van der Waals surface area contributed by atoms with E-state index >= 15 is 0 Å². The quantitative estimate of drug-likeness (QED) is 0.804. The average molecular weight is 313 g/mol. The second kappa shape index (κ2) is 5.93. The van der Waals surface area contributed by atoms with Gasteiger partial charge in [0, 0.05) is 6.20 Å². The fourth-order valence-corrected chi connectivity index (χ4v) is 3.63. The Morgan fingerprint density at radius 3 is 2.86 bits per heavy atom. The SMILES string of the molecule is CC(C)Cc1cccc2nc(Cn3cccc(N)c3=O)sc12. The third-order valence-corrected chi connectivity index (χ3v) is 4.66. The van der Waals surface area contributed by atoms with Crippen LogP contribution in [0.2, 0.25) is 0 Å². The summed E-state index contributed by atoms with van der Waals surface area (Å²) >= 11 is 1.66. The second-order valence-electron chi connectivity index (χ2n) is 5.87. The van der Waals surface area contributed by atoms with Crippen molar-refractivity contribution < 1.29 is 0 Å². The predicted octanol–water partition coefficient (Wildman–Crippen LogP) is 3.29. The maximum atomic E-state index is 12.0. The van der Waals surface area contributed by atoms with Gasteiger partial charge in [-0.1, -0.05) is 26.0 Å². The summed E-state index contributed by atoms with van der Waals surface area (Å²) in [5, 5.41) is 0.930. The Morgan fingerprint density at radius 2 is 2.09 bits per heavy atom. The Hall–Kier alpha value is -2.14. The molecule has 0 radical (unpaired) electrons. The number of benzene rings is 1. The molecule has 2 heterocycles. The van der Waals surface area contributed by atoms with E-state index in [9.17, 15) is 4.79 Å². The highest BCUT2D eigenvalue weighted by atomic mass is 32.1. The Kier molecular flexibility index (Phi) is 3.98. The van der Waals surface area contributed by atoms with Gasteiger partial charge in [-0.3, -0.25) is 4.79 Å². The number of aromatic nitrogens is 2. The number of fused-ring (bicyclic) bond motifs is 1. The number of thiazole rings is 1. The van der Waals surface area contributed by atoms with Crippen LogP contribution in [0.3, 0.4) is 0 Å². The summed E-state index contributed by atoms with van der Waals surface area (Å²) in [5.41, 5.74) is 8.12. The Balaban J connectivity index is 1.99. The molecule has 0 saturated carbocycles. The molecule has 0 saturated heterocycles. The van der Waals surface area contributed by atoms with E-state index in [2.05, 4.69) is 31.0 Å². The van der Waals surface area contributed by atoms with Crippen LogP contribution >= 0.6 is 11.3 Å². The molecule has 3 aromatic rings. The molecule has 2 N–H and O–H groups in total. The minimum Gasteiger partial charge on any atom is -0.394 e. The topological polar surface area (TPSA) is 60.9 Å². The third-order valence-electron chi connectivity index (χ3n) is 3.52. The summed E-state index contributed by atoms with van der Waals surface area (Å²) < 4.78 is 2.83. The van der Waals surface area contributed by atoms with E-state index in [0.717, 1.165) is 16.9 Å². The first-order valence-electron chi connectivity index (χ1n) is 7.37. The van der Waals surface area contributed by atoms with Crippen LogP contribution in [0.4, 0.5) is 5.69 Å². The van der Waals surface area contributed by atoms with Gasteiger partial charge >= 0.3 is 0 Å². The van der Waals surface area contributed by atoms with E-state index in [4.69, 9.17) is 5.73 Å². The standard InChI is InChI=1S/C17H19N3OS/c1-11(2)9-12-5-3-7-14-16(12)22-15(19-14)10-20-8-4-6-13(18)17(20)21/h3-8,11H,9-10,18H2,1-2H3. The van der Waals surface area contributed by atoms with Crippen LogP contribution in [-0.4, -0.2) is 9.55 Å². The molecule has 0 unspecified atom stereocenters.